The first kappa shape index (κ1) is 11.8. The molecule has 0 radical (unpaired) electrons. The molecular formula is C9H6ClF3O2. The summed E-state index contributed by atoms with van der Waals surface area (Å²) in [7, 11) is 0. The van der Waals surface area contributed by atoms with Gasteiger partial charge in [0.25, 0.3) is 0 Å². The van der Waals surface area contributed by atoms with Gasteiger partial charge in [-0.1, -0.05) is 11.6 Å². The molecule has 0 spiro atoms. The van der Waals surface area contributed by atoms with E-state index in [-0.39, 0.29) is 11.6 Å². The van der Waals surface area contributed by atoms with Gasteiger partial charge in [0.15, 0.2) is 6.07 Å². The number of hydrogen-bond acceptors (Lipinski definition) is 2. The fourth-order valence-corrected chi connectivity index (χ4v) is 1.03. The largest absolute Gasteiger partial charge is 0.446 e. The number of alkyl halides is 4. The van der Waals surface area contributed by atoms with Gasteiger partial charge in [-0.25, -0.2) is 4.79 Å². The molecule has 0 aliphatic carbocycles. The number of esters is 1. The third kappa shape index (κ3) is 3.13. The molecule has 1 rings (SSSR count). The summed E-state index contributed by atoms with van der Waals surface area (Å²) in [6.07, 6.45) is -4.41. The molecule has 0 saturated carbocycles. The topological polar surface area (TPSA) is 26.3 Å². The second-order valence-corrected chi connectivity index (χ2v) is 2.83. The lowest BCUT2D eigenvalue weighted by atomic mass is 10.1. The molecule has 0 N–H and O–H groups in total. The van der Waals surface area contributed by atoms with E-state index < -0.39 is 17.7 Å². The van der Waals surface area contributed by atoms with E-state index >= 15 is 0 Å². The molecule has 0 bridgehead atoms. The smallest absolute Gasteiger partial charge is 0.416 e. The summed E-state index contributed by atoms with van der Waals surface area (Å²) in [5.74, 6) is -0.751. The standard InChI is InChI=1S/C9H6ClF3O2/c10-5-15-8(14)6-1-3-7(4-2-6)9(11,12)13/h1-4H,5H2. The van der Waals surface area contributed by atoms with Crippen molar-refractivity contribution in [3.05, 3.63) is 35.4 Å². The SMILES string of the molecule is O=C(OCCl)c1ccc(C(F)(F)F)cc1. The molecule has 0 amide bonds. The number of carbonyl (C=O) groups excluding carboxylic acids is 1. The van der Waals surface area contributed by atoms with Crippen LogP contribution in [0.2, 0.25) is 0 Å². The Morgan fingerprint density at radius 1 is 1.27 bits per heavy atom. The maximum Gasteiger partial charge on any atom is 0.416 e. The monoisotopic (exact) mass is 238 g/mol. The minimum atomic E-state index is -4.41. The maximum absolute atomic E-state index is 12.1. The van der Waals surface area contributed by atoms with Crippen LogP contribution in [-0.4, -0.2) is 12.0 Å². The van der Waals surface area contributed by atoms with Crippen molar-refractivity contribution in [2.45, 2.75) is 6.18 Å². The highest BCUT2D eigenvalue weighted by atomic mass is 35.5. The van der Waals surface area contributed by atoms with Crippen LogP contribution in [0.4, 0.5) is 13.2 Å². The van der Waals surface area contributed by atoms with E-state index in [4.69, 9.17) is 11.6 Å². The molecule has 1 aromatic rings. The van der Waals surface area contributed by atoms with Gasteiger partial charge in [-0.15, -0.1) is 0 Å². The van der Waals surface area contributed by atoms with E-state index in [1.54, 1.807) is 0 Å². The van der Waals surface area contributed by atoms with E-state index in [1.165, 1.54) is 0 Å². The third-order valence-electron chi connectivity index (χ3n) is 1.63. The minimum Gasteiger partial charge on any atom is -0.446 e. The Bertz CT molecular complexity index is 345. The maximum atomic E-state index is 12.1. The van der Waals surface area contributed by atoms with Gasteiger partial charge in [-0.05, 0) is 24.3 Å². The highest BCUT2D eigenvalue weighted by molar-refractivity contribution is 6.17. The number of halogens is 4. The van der Waals surface area contributed by atoms with Gasteiger partial charge in [0.1, 0.15) is 0 Å². The van der Waals surface area contributed by atoms with E-state index in [2.05, 4.69) is 4.74 Å². The van der Waals surface area contributed by atoms with Gasteiger partial charge >= 0.3 is 12.1 Å². The second kappa shape index (κ2) is 4.53. The number of hydrogen-bond donors (Lipinski definition) is 0. The average Bonchev–Trinajstić information content (AvgIpc) is 2.17. The molecule has 15 heavy (non-hydrogen) atoms. The molecule has 6 heteroatoms. The Balaban J connectivity index is 2.86. The van der Waals surface area contributed by atoms with Gasteiger partial charge in [0.05, 0.1) is 11.1 Å². The quantitative estimate of drug-likeness (QED) is 0.585. The molecule has 82 valence electrons. The van der Waals surface area contributed by atoms with Crippen molar-refractivity contribution in [1.82, 2.24) is 0 Å². The number of rotatable bonds is 2. The summed E-state index contributed by atoms with van der Waals surface area (Å²) in [6, 6.07) is 3.37. The Morgan fingerprint density at radius 2 is 1.80 bits per heavy atom. The van der Waals surface area contributed by atoms with E-state index in [1.807, 2.05) is 0 Å². The fraction of sp³-hybridized carbons (Fsp3) is 0.222. The highest BCUT2D eigenvalue weighted by Crippen LogP contribution is 2.29. The van der Waals surface area contributed by atoms with Crippen molar-refractivity contribution < 1.29 is 22.7 Å². The van der Waals surface area contributed by atoms with E-state index in [0.29, 0.717) is 0 Å². The van der Waals surface area contributed by atoms with Gasteiger partial charge in [-0.2, -0.15) is 13.2 Å². The van der Waals surface area contributed by atoms with Crippen molar-refractivity contribution in [3.8, 4) is 0 Å². The van der Waals surface area contributed by atoms with Crippen LogP contribution in [0.5, 0.6) is 0 Å². The predicted molar refractivity (Wildman–Crippen MR) is 47.6 cm³/mol. The Labute approximate surface area is 88.6 Å². The van der Waals surface area contributed by atoms with Crippen LogP contribution >= 0.6 is 11.6 Å². The Kier molecular flexibility index (Phi) is 3.57. The van der Waals surface area contributed by atoms with Gasteiger partial charge < -0.3 is 4.74 Å². The summed E-state index contributed by atoms with van der Waals surface area (Å²) in [5.41, 5.74) is -0.784. The van der Waals surface area contributed by atoms with Crippen molar-refractivity contribution in [3.63, 3.8) is 0 Å². The average molecular weight is 239 g/mol. The van der Waals surface area contributed by atoms with Crippen LogP contribution in [0.1, 0.15) is 15.9 Å². The molecule has 1 aromatic carbocycles. The molecule has 0 unspecified atom stereocenters. The number of benzene rings is 1. The van der Waals surface area contributed by atoms with E-state index in [0.717, 1.165) is 24.3 Å². The third-order valence-corrected chi connectivity index (χ3v) is 1.74. The first-order valence-corrected chi connectivity index (χ1v) is 4.39. The molecule has 0 heterocycles. The molecule has 0 saturated heterocycles. The van der Waals surface area contributed by atoms with Gasteiger partial charge in [0.2, 0.25) is 0 Å². The second-order valence-electron chi connectivity index (χ2n) is 2.62. The van der Waals surface area contributed by atoms with Crippen LogP contribution < -0.4 is 0 Å². The van der Waals surface area contributed by atoms with Crippen molar-refractivity contribution >= 4 is 17.6 Å². The zero-order valence-electron chi connectivity index (χ0n) is 7.34. The zero-order chi connectivity index (χ0) is 11.5. The van der Waals surface area contributed by atoms with Crippen molar-refractivity contribution in [2.75, 3.05) is 6.07 Å². The van der Waals surface area contributed by atoms with Gasteiger partial charge in [0, 0.05) is 0 Å². The minimum absolute atomic E-state index is 0.0312. The lowest BCUT2D eigenvalue weighted by molar-refractivity contribution is -0.137. The molecule has 0 aromatic heterocycles. The zero-order valence-corrected chi connectivity index (χ0v) is 8.10. The molecule has 2 nitrogen and oxygen atoms in total. The van der Waals surface area contributed by atoms with Crippen LogP contribution in [0, 0.1) is 0 Å². The molecule has 0 aliphatic heterocycles. The lowest BCUT2D eigenvalue weighted by Crippen LogP contribution is -2.07. The Hall–Kier alpha value is -1.23. The normalized spacial score (nSPS) is 11.2. The molecule has 0 aliphatic rings. The number of carbonyl (C=O) groups is 1. The number of ether oxygens (including phenoxy) is 1. The van der Waals surface area contributed by atoms with Crippen LogP contribution in [0.3, 0.4) is 0 Å². The van der Waals surface area contributed by atoms with Crippen LogP contribution in [0.15, 0.2) is 24.3 Å². The summed E-state index contributed by atoms with van der Waals surface area (Å²) in [5, 5.41) is 0. The lowest BCUT2D eigenvalue weighted by Gasteiger charge is -2.06. The molecular weight excluding hydrogens is 233 g/mol. The first-order valence-electron chi connectivity index (χ1n) is 3.85. The van der Waals surface area contributed by atoms with Crippen LogP contribution in [-0.2, 0) is 10.9 Å². The van der Waals surface area contributed by atoms with E-state index in [9.17, 15) is 18.0 Å². The van der Waals surface area contributed by atoms with Crippen LogP contribution in [0.25, 0.3) is 0 Å². The van der Waals surface area contributed by atoms with Crippen molar-refractivity contribution in [2.24, 2.45) is 0 Å². The summed E-state index contributed by atoms with van der Waals surface area (Å²) >= 11 is 5.13. The predicted octanol–water partition coefficient (Wildman–Crippen LogP) is 3.06. The summed E-state index contributed by atoms with van der Waals surface area (Å²) in [4.78, 5) is 11.0. The van der Waals surface area contributed by atoms with Crippen molar-refractivity contribution in [1.29, 1.82) is 0 Å². The fourth-order valence-electron chi connectivity index (χ4n) is 0.928. The van der Waals surface area contributed by atoms with Gasteiger partial charge in [-0.3, -0.25) is 0 Å². The summed E-state index contributed by atoms with van der Waals surface area (Å²) < 4.78 is 40.8. The highest BCUT2D eigenvalue weighted by Gasteiger charge is 2.30. The summed E-state index contributed by atoms with van der Waals surface area (Å²) in [6.45, 7) is 0. The Morgan fingerprint density at radius 3 is 2.20 bits per heavy atom. The molecule has 0 fully saturated rings. The molecule has 0 atom stereocenters. The first-order chi connectivity index (χ1) is 6.95.